The minimum atomic E-state index is 0.151. The SMILES string of the molecule is Cc1cc(Nc2ncnc3ccc(CC(=O)N4CCN(C)CC4)cc23)ccc1Oc1ccn2ncnc2c1. The second kappa shape index (κ2) is 10.1. The average molecular weight is 509 g/mol. The minimum absolute atomic E-state index is 0.151. The van der Waals surface area contributed by atoms with Gasteiger partial charge in [-0.3, -0.25) is 4.79 Å². The zero-order valence-corrected chi connectivity index (χ0v) is 21.3. The summed E-state index contributed by atoms with van der Waals surface area (Å²) in [5, 5.41) is 8.40. The number of anilines is 2. The molecule has 0 spiro atoms. The highest BCUT2D eigenvalue weighted by atomic mass is 16.5. The summed E-state index contributed by atoms with van der Waals surface area (Å²) in [6, 6.07) is 15.5. The summed E-state index contributed by atoms with van der Waals surface area (Å²) in [6.07, 6.45) is 5.23. The lowest BCUT2D eigenvalue weighted by molar-refractivity contribution is -0.132. The number of piperazine rings is 1. The van der Waals surface area contributed by atoms with Gasteiger partial charge in [0, 0.05) is 49.5 Å². The Morgan fingerprint density at radius 1 is 0.974 bits per heavy atom. The first-order chi connectivity index (χ1) is 18.5. The first kappa shape index (κ1) is 23.8. The topological polar surface area (TPSA) is 101 Å². The maximum Gasteiger partial charge on any atom is 0.227 e. The van der Waals surface area contributed by atoms with Crippen LogP contribution in [0, 0.1) is 6.92 Å². The number of hydrogen-bond donors (Lipinski definition) is 1. The molecule has 0 saturated carbocycles. The third-order valence-electron chi connectivity index (χ3n) is 6.83. The van der Waals surface area contributed by atoms with E-state index in [1.807, 2.05) is 66.6 Å². The molecule has 6 rings (SSSR count). The highest BCUT2D eigenvalue weighted by molar-refractivity contribution is 5.92. The molecule has 1 aliphatic heterocycles. The summed E-state index contributed by atoms with van der Waals surface area (Å²) < 4.78 is 7.78. The first-order valence-corrected chi connectivity index (χ1v) is 12.6. The Morgan fingerprint density at radius 3 is 2.68 bits per heavy atom. The number of hydrogen-bond acceptors (Lipinski definition) is 8. The van der Waals surface area contributed by atoms with Gasteiger partial charge in [-0.1, -0.05) is 6.07 Å². The van der Waals surface area contributed by atoms with Crippen LogP contribution < -0.4 is 10.1 Å². The highest BCUT2D eigenvalue weighted by Crippen LogP contribution is 2.30. The summed E-state index contributed by atoms with van der Waals surface area (Å²) in [5.41, 5.74) is 4.33. The summed E-state index contributed by atoms with van der Waals surface area (Å²) in [7, 11) is 2.08. The number of benzene rings is 2. The van der Waals surface area contributed by atoms with Gasteiger partial charge in [-0.2, -0.15) is 5.10 Å². The second-order valence-corrected chi connectivity index (χ2v) is 9.57. The van der Waals surface area contributed by atoms with Crippen LogP contribution in [0.4, 0.5) is 11.5 Å². The number of ether oxygens (including phenoxy) is 1. The van der Waals surface area contributed by atoms with Crippen molar-refractivity contribution in [3.8, 4) is 11.5 Å². The van der Waals surface area contributed by atoms with Crippen LogP contribution in [0.1, 0.15) is 11.1 Å². The maximum absolute atomic E-state index is 12.9. The van der Waals surface area contributed by atoms with Crippen LogP contribution in [0.2, 0.25) is 0 Å². The van der Waals surface area contributed by atoms with Crippen molar-refractivity contribution in [3.05, 3.63) is 78.5 Å². The van der Waals surface area contributed by atoms with Crippen LogP contribution in [0.25, 0.3) is 16.6 Å². The van der Waals surface area contributed by atoms with Crippen LogP contribution in [0.3, 0.4) is 0 Å². The van der Waals surface area contributed by atoms with Crippen molar-refractivity contribution in [3.63, 3.8) is 0 Å². The van der Waals surface area contributed by atoms with E-state index < -0.39 is 0 Å². The molecule has 10 heteroatoms. The van der Waals surface area contributed by atoms with E-state index in [4.69, 9.17) is 4.74 Å². The molecule has 0 aliphatic carbocycles. The van der Waals surface area contributed by atoms with Gasteiger partial charge in [-0.05, 0) is 61.5 Å². The maximum atomic E-state index is 12.9. The largest absolute Gasteiger partial charge is 0.457 e. The molecule has 1 amide bonds. The van der Waals surface area contributed by atoms with Crippen molar-refractivity contribution in [1.29, 1.82) is 0 Å². The number of amides is 1. The summed E-state index contributed by atoms with van der Waals surface area (Å²) in [4.78, 5) is 30.2. The molecule has 0 radical (unpaired) electrons. The lowest BCUT2D eigenvalue weighted by Crippen LogP contribution is -2.47. The van der Waals surface area contributed by atoms with Gasteiger partial charge in [0.15, 0.2) is 5.65 Å². The van der Waals surface area contributed by atoms with Gasteiger partial charge in [0.2, 0.25) is 5.91 Å². The molecule has 1 fully saturated rings. The number of likely N-dealkylation sites (N-methyl/N-ethyl adjacent to an activating group) is 1. The molecule has 1 aliphatic rings. The van der Waals surface area contributed by atoms with Crippen LogP contribution in [0.15, 0.2) is 67.4 Å². The van der Waals surface area contributed by atoms with Crippen molar-refractivity contribution in [2.45, 2.75) is 13.3 Å². The van der Waals surface area contributed by atoms with E-state index in [0.717, 1.165) is 65.3 Å². The Balaban J connectivity index is 1.19. The van der Waals surface area contributed by atoms with Crippen molar-refractivity contribution in [2.24, 2.45) is 0 Å². The molecule has 1 N–H and O–H groups in total. The number of aromatic nitrogens is 5. The Hall–Kier alpha value is -4.57. The van der Waals surface area contributed by atoms with Crippen LogP contribution >= 0.6 is 0 Å². The third kappa shape index (κ3) is 4.98. The average Bonchev–Trinajstić information content (AvgIpc) is 3.39. The number of fused-ring (bicyclic) bond motifs is 2. The van der Waals surface area contributed by atoms with Gasteiger partial charge >= 0.3 is 0 Å². The number of nitrogens with one attached hydrogen (secondary N) is 1. The Kier molecular flexibility index (Phi) is 6.30. The quantitative estimate of drug-likeness (QED) is 0.369. The predicted molar refractivity (Wildman–Crippen MR) is 145 cm³/mol. The molecule has 0 atom stereocenters. The normalized spacial score (nSPS) is 14.2. The fourth-order valence-electron chi connectivity index (χ4n) is 4.62. The fraction of sp³-hybridized carbons (Fsp3) is 0.250. The van der Waals surface area contributed by atoms with Gasteiger partial charge in [-0.15, -0.1) is 0 Å². The van der Waals surface area contributed by atoms with E-state index in [0.29, 0.717) is 18.0 Å². The van der Waals surface area contributed by atoms with E-state index in [-0.39, 0.29) is 5.91 Å². The van der Waals surface area contributed by atoms with E-state index in [1.165, 1.54) is 6.33 Å². The molecule has 5 aromatic rings. The molecule has 1 saturated heterocycles. The van der Waals surface area contributed by atoms with Crippen molar-refractivity contribution in [2.75, 3.05) is 38.5 Å². The minimum Gasteiger partial charge on any atom is -0.457 e. The van der Waals surface area contributed by atoms with Crippen LogP contribution in [-0.4, -0.2) is 73.5 Å². The van der Waals surface area contributed by atoms with Crippen molar-refractivity contribution in [1.82, 2.24) is 34.4 Å². The van der Waals surface area contributed by atoms with Gasteiger partial charge in [0.25, 0.3) is 0 Å². The van der Waals surface area contributed by atoms with Crippen molar-refractivity contribution >= 4 is 34.0 Å². The summed E-state index contributed by atoms with van der Waals surface area (Å²) in [6.45, 7) is 5.36. The third-order valence-corrected chi connectivity index (χ3v) is 6.83. The Morgan fingerprint density at radius 2 is 1.84 bits per heavy atom. The highest BCUT2D eigenvalue weighted by Gasteiger charge is 2.19. The Bertz CT molecular complexity index is 1620. The van der Waals surface area contributed by atoms with E-state index >= 15 is 0 Å². The van der Waals surface area contributed by atoms with E-state index in [9.17, 15) is 4.79 Å². The number of carbonyl (C=O) groups is 1. The first-order valence-electron chi connectivity index (χ1n) is 12.6. The number of pyridine rings is 1. The Labute approximate surface area is 219 Å². The molecule has 0 unspecified atom stereocenters. The molecule has 192 valence electrons. The number of aryl methyl sites for hydroxylation is 1. The molecule has 38 heavy (non-hydrogen) atoms. The zero-order valence-electron chi connectivity index (χ0n) is 21.3. The molecule has 10 nitrogen and oxygen atoms in total. The number of rotatable bonds is 6. The number of carbonyl (C=O) groups excluding carboxylic acids is 1. The molecule has 4 heterocycles. The molecular weight excluding hydrogens is 480 g/mol. The lowest BCUT2D eigenvalue weighted by Gasteiger charge is -2.32. The van der Waals surface area contributed by atoms with Gasteiger partial charge in [0.05, 0.1) is 11.9 Å². The standard InChI is InChI=1S/C28H28N8O2/c1-19-13-21(4-6-25(19)38-22-7-8-36-26(16-22)30-18-32-36)33-28-23-14-20(3-5-24(23)29-17-31-28)15-27(37)35-11-9-34(2)10-12-35/h3-8,13-14,16-18H,9-12,15H2,1-2H3,(H,29,31,33). The van der Waals surface area contributed by atoms with Crippen LogP contribution in [0.5, 0.6) is 11.5 Å². The smallest absolute Gasteiger partial charge is 0.227 e. The number of nitrogens with zero attached hydrogens (tertiary/aromatic N) is 7. The van der Waals surface area contributed by atoms with E-state index in [2.05, 4.69) is 37.3 Å². The summed E-state index contributed by atoms with van der Waals surface area (Å²) >= 11 is 0. The monoisotopic (exact) mass is 508 g/mol. The fourth-order valence-corrected chi connectivity index (χ4v) is 4.62. The predicted octanol–water partition coefficient (Wildman–Crippen LogP) is 3.83. The van der Waals surface area contributed by atoms with Gasteiger partial charge in [-0.25, -0.2) is 19.5 Å². The zero-order chi connectivity index (χ0) is 26.1. The molecule has 0 bridgehead atoms. The van der Waals surface area contributed by atoms with Crippen molar-refractivity contribution < 1.29 is 9.53 Å². The molecular formula is C28H28N8O2. The van der Waals surface area contributed by atoms with E-state index in [1.54, 1.807) is 10.8 Å². The van der Waals surface area contributed by atoms with Crippen LogP contribution in [-0.2, 0) is 11.2 Å². The second-order valence-electron chi connectivity index (χ2n) is 9.57. The van der Waals surface area contributed by atoms with Gasteiger partial charge in [0.1, 0.15) is 30.0 Å². The lowest BCUT2D eigenvalue weighted by atomic mass is 10.1. The molecule has 3 aromatic heterocycles. The van der Waals surface area contributed by atoms with Gasteiger partial charge < -0.3 is 19.9 Å². The summed E-state index contributed by atoms with van der Waals surface area (Å²) in [5.74, 6) is 2.28. The molecule has 2 aromatic carbocycles.